The van der Waals surface area contributed by atoms with Crippen molar-refractivity contribution in [2.75, 3.05) is 28.3 Å². The van der Waals surface area contributed by atoms with E-state index >= 15 is 0 Å². The first-order valence-electron chi connectivity index (χ1n) is 8.03. The number of nitrogens with one attached hydrogen (secondary N) is 1. The van der Waals surface area contributed by atoms with E-state index in [9.17, 15) is 13.2 Å². The highest BCUT2D eigenvalue weighted by Crippen LogP contribution is 2.23. The number of hydrogen-bond donors (Lipinski definition) is 1. The van der Waals surface area contributed by atoms with E-state index in [-0.39, 0.29) is 17.5 Å². The van der Waals surface area contributed by atoms with Crippen LogP contribution in [-0.2, 0) is 14.6 Å². The van der Waals surface area contributed by atoms with E-state index in [0.717, 1.165) is 0 Å². The molecule has 0 saturated carbocycles. The highest BCUT2D eigenvalue weighted by Gasteiger charge is 2.32. The summed E-state index contributed by atoms with van der Waals surface area (Å²) in [5.41, 5.74) is -0.0344. The van der Waals surface area contributed by atoms with Crippen LogP contribution >= 0.6 is 0 Å². The van der Waals surface area contributed by atoms with Crippen LogP contribution in [0.1, 0.15) is 34.1 Å². The highest BCUT2D eigenvalue weighted by molar-refractivity contribution is 7.91. The van der Waals surface area contributed by atoms with Crippen LogP contribution in [0.25, 0.3) is 0 Å². The Balaban J connectivity index is 2.04. The summed E-state index contributed by atoms with van der Waals surface area (Å²) >= 11 is 0. The molecule has 1 amide bonds. The van der Waals surface area contributed by atoms with Crippen molar-refractivity contribution in [3.63, 3.8) is 0 Å². The number of carbonyl (C=O) groups excluding carboxylic acids is 1. The summed E-state index contributed by atoms with van der Waals surface area (Å²) in [6, 6.07) is 3.47. The fourth-order valence-corrected chi connectivity index (χ4v) is 4.41. The quantitative estimate of drug-likeness (QED) is 0.892. The predicted molar refractivity (Wildman–Crippen MR) is 94.2 cm³/mol. The zero-order valence-electron chi connectivity index (χ0n) is 14.6. The minimum atomic E-state index is -2.94. The summed E-state index contributed by atoms with van der Waals surface area (Å²) in [5.74, 6) is 1.10. The lowest BCUT2D eigenvalue weighted by atomic mass is 10.2. The van der Waals surface area contributed by atoms with Crippen molar-refractivity contribution in [3.05, 3.63) is 18.3 Å². The average molecular weight is 355 g/mol. The SMILES string of the molecule is CCN(c1ccc(NC(=O)OC(C)(C)C)cn1)C1CCS(=O)(=O)C1. The molecule has 7 nitrogen and oxygen atoms in total. The van der Waals surface area contributed by atoms with Crippen LogP contribution in [0.2, 0.25) is 0 Å². The molecule has 1 aliphatic heterocycles. The van der Waals surface area contributed by atoms with Crippen molar-refractivity contribution in [2.45, 2.75) is 45.8 Å². The number of amides is 1. The molecule has 0 radical (unpaired) electrons. The van der Waals surface area contributed by atoms with Crippen molar-refractivity contribution in [1.29, 1.82) is 0 Å². The van der Waals surface area contributed by atoms with Gasteiger partial charge in [0.1, 0.15) is 11.4 Å². The van der Waals surface area contributed by atoms with Gasteiger partial charge in [-0.05, 0) is 46.2 Å². The van der Waals surface area contributed by atoms with Gasteiger partial charge in [0.05, 0.1) is 23.4 Å². The molecule has 0 aromatic carbocycles. The molecule has 24 heavy (non-hydrogen) atoms. The van der Waals surface area contributed by atoms with E-state index in [2.05, 4.69) is 10.3 Å². The Labute approximate surface area is 143 Å². The maximum absolute atomic E-state index is 11.7. The summed E-state index contributed by atoms with van der Waals surface area (Å²) in [6.07, 6.45) is 1.63. The summed E-state index contributed by atoms with van der Waals surface area (Å²) in [4.78, 5) is 18.1. The van der Waals surface area contributed by atoms with E-state index < -0.39 is 21.5 Å². The second-order valence-electron chi connectivity index (χ2n) is 6.87. The average Bonchev–Trinajstić information content (AvgIpc) is 2.79. The zero-order valence-corrected chi connectivity index (χ0v) is 15.4. The van der Waals surface area contributed by atoms with Crippen LogP contribution in [0.3, 0.4) is 0 Å². The van der Waals surface area contributed by atoms with Crippen molar-refractivity contribution in [3.8, 4) is 0 Å². The van der Waals surface area contributed by atoms with Gasteiger partial charge in [0, 0.05) is 12.6 Å². The summed E-state index contributed by atoms with van der Waals surface area (Å²) in [7, 11) is -2.94. The van der Waals surface area contributed by atoms with Crippen LogP contribution in [-0.4, -0.2) is 49.2 Å². The van der Waals surface area contributed by atoms with Gasteiger partial charge in [-0.25, -0.2) is 18.2 Å². The van der Waals surface area contributed by atoms with Crippen LogP contribution in [0.15, 0.2) is 18.3 Å². The molecule has 0 bridgehead atoms. The van der Waals surface area contributed by atoms with Gasteiger partial charge in [-0.15, -0.1) is 0 Å². The number of rotatable bonds is 4. The van der Waals surface area contributed by atoms with Gasteiger partial charge in [-0.1, -0.05) is 0 Å². The molecule has 2 heterocycles. The molecule has 1 unspecified atom stereocenters. The fourth-order valence-electron chi connectivity index (χ4n) is 2.68. The lowest BCUT2D eigenvalue weighted by Gasteiger charge is -2.28. The molecule has 1 aromatic rings. The first-order chi connectivity index (χ1) is 11.1. The Morgan fingerprint density at radius 1 is 1.42 bits per heavy atom. The van der Waals surface area contributed by atoms with Gasteiger partial charge in [0.15, 0.2) is 9.84 Å². The molecule has 1 N–H and O–H groups in total. The highest BCUT2D eigenvalue weighted by atomic mass is 32.2. The molecule has 0 aliphatic carbocycles. The van der Waals surface area contributed by atoms with Crippen LogP contribution in [0, 0.1) is 0 Å². The Bertz CT molecular complexity index is 680. The molecule has 134 valence electrons. The first kappa shape index (κ1) is 18.5. The number of anilines is 2. The monoisotopic (exact) mass is 355 g/mol. The topological polar surface area (TPSA) is 88.6 Å². The number of pyridine rings is 1. The second kappa shape index (κ2) is 6.96. The van der Waals surface area contributed by atoms with Gasteiger partial charge in [0.25, 0.3) is 0 Å². The number of hydrogen-bond acceptors (Lipinski definition) is 6. The summed E-state index contributed by atoms with van der Waals surface area (Å²) in [6.45, 7) is 8.03. The predicted octanol–water partition coefficient (Wildman–Crippen LogP) is 2.44. The van der Waals surface area contributed by atoms with Gasteiger partial charge in [0.2, 0.25) is 0 Å². The number of nitrogens with zero attached hydrogens (tertiary/aromatic N) is 2. The van der Waals surface area contributed by atoms with E-state index in [1.54, 1.807) is 39.1 Å². The normalized spacial score (nSPS) is 19.8. The Kier molecular flexibility index (Phi) is 5.37. The Morgan fingerprint density at radius 2 is 2.12 bits per heavy atom. The maximum atomic E-state index is 11.7. The first-order valence-corrected chi connectivity index (χ1v) is 9.85. The number of aromatic nitrogens is 1. The molecular formula is C16H25N3O4S. The summed E-state index contributed by atoms with van der Waals surface area (Å²) in [5, 5.41) is 2.63. The van der Waals surface area contributed by atoms with E-state index in [4.69, 9.17) is 4.74 Å². The standard InChI is InChI=1S/C16H25N3O4S/c1-5-19(13-8-9-24(21,22)11-13)14-7-6-12(10-17-14)18-15(20)23-16(2,3)4/h6-7,10,13H,5,8-9,11H2,1-4H3,(H,18,20). The fraction of sp³-hybridized carbons (Fsp3) is 0.625. The van der Waals surface area contributed by atoms with Gasteiger partial charge in [-0.2, -0.15) is 0 Å². The third-order valence-electron chi connectivity index (χ3n) is 3.68. The minimum absolute atomic E-state index is 0.0443. The molecular weight excluding hydrogens is 330 g/mol. The third kappa shape index (κ3) is 5.09. The van der Waals surface area contributed by atoms with Crippen molar-refractivity contribution in [2.24, 2.45) is 0 Å². The molecule has 1 saturated heterocycles. The second-order valence-corrected chi connectivity index (χ2v) is 9.10. The number of carbonyl (C=O) groups is 1. The molecule has 1 aliphatic rings. The van der Waals surface area contributed by atoms with E-state index in [1.807, 2.05) is 11.8 Å². The maximum Gasteiger partial charge on any atom is 0.412 e. The zero-order chi connectivity index (χ0) is 18.0. The van der Waals surface area contributed by atoms with Crippen molar-refractivity contribution < 1.29 is 17.9 Å². The Morgan fingerprint density at radius 3 is 2.58 bits per heavy atom. The van der Waals surface area contributed by atoms with E-state index in [1.165, 1.54) is 0 Å². The molecule has 1 aromatic heterocycles. The molecule has 2 rings (SSSR count). The van der Waals surface area contributed by atoms with Gasteiger partial charge >= 0.3 is 6.09 Å². The number of sulfone groups is 1. The molecule has 1 atom stereocenters. The third-order valence-corrected chi connectivity index (χ3v) is 5.43. The molecule has 8 heteroatoms. The lowest BCUT2D eigenvalue weighted by molar-refractivity contribution is 0.0636. The van der Waals surface area contributed by atoms with Crippen LogP contribution in [0.5, 0.6) is 0 Å². The lowest BCUT2D eigenvalue weighted by Crippen LogP contribution is -2.36. The largest absolute Gasteiger partial charge is 0.444 e. The number of ether oxygens (including phenoxy) is 1. The molecule has 0 spiro atoms. The van der Waals surface area contributed by atoms with Crippen molar-refractivity contribution in [1.82, 2.24) is 4.98 Å². The van der Waals surface area contributed by atoms with Gasteiger partial charge in [-0.3, -0.25) is 5.32 Å². The Hall–Kier alpha value is -1.83. The van der Waals surface area contributed by atoms with Crippen LogP contribution in [0.4, 0.5) is 16.3 Å². The van der Waals surface area contributed by atoms with Crippen LogP contribution < -0.4 is 10.2 Å². The summed E-state index contributed by atoms with van der Waals surface area (Å²) < 4.78 is 28.5. The van der Waals surface area contributed by atoms with E-state index in [0.29, 0.717) is 24.5 Å². The minimum Gasteiger partial charge on any atom is -0.444 e. The van der Waals surface area contributed by atoms with Crippen molar-refractivity contribution >= 4 is 27.4 Å². The smallest absolute Gasteiger partial charge is 0.412 e. The van der Waals surface area contributed by atoms with Gasteiger partial charge < -0.3 is 9.64 Å². The molecule has 1 fully saturated rings.